The lowest BCUT2D eigenvalue weighted by Gasteiger charge is -2.09. The molecule has 0 N–H and O–H groups in total. The molecule has 0 atom stereocenters. The van der Waals surface area contributed by atoms with Crippen molar-refractivity contribution in [1.29, 1.82) is 0 Å². The Morgan fingerprint density at radius 3 is 2.57 bits per heavy atom. The summed E-state index contributed by atoms with van der Waals surface area (Å²) in [6.45, 7) is 3.17. The first-order valence-corrected chi connectivity index (χ1v) is 7.09. The molecule has 0 aliphatic rings. The number of esters is 1. The number of nitro groups is 1. The Hall–Kier alpha value is -2.60. The minimum absolute atomic E-state index is 0.101. The van der Waals surface area contributed by atoms with Gasteiger partial charge in [-0.2, -0.15) is 0 Å². The molecule has 0 radical (unpaired) electrons. The number of nitrogens with zero attached hydrogens (tertiary/aromatic N) is 1. The van der Waals surface area contributed by atoms with Crippen molar-refractivity contribution in [3.05, 3.63) is 62.7 Å². The predicted octanol–water partition coefficient (Wildman–Crippen LogP) is 3.85. The molecule has 6 nitrogen and oxygen atoms in total. The van der Waals surface area contributed by atoms with Crippen LogP contribution in [-0.4, -0.2) is 17.5 Å². The summed E-state index contributed by atoms with van der Waals surface area (Å²) in [4.78, 5) is 22.2. The van der Waals surface area contributed by atoms with Crippen molar-refractivity contribution in [2.75, 3.05) is 6.61 Å². The third-order valence-electron chi connectivity index (χ3n) is 3.02. The van der Waals surface area contributed by atoms with E-state index in [1.54, 1.807) is 38.1 Å². The molecule has 2 rings (SSSR count). The van der Waals surface area contributed by atoms with Crippen molar-refractivity contribution in [3.8, 4) is 11.5 Å². The van der Waals surface area contributed by atoms with Crippen LogP contribution in [-0.2, 0) is 4.79 Å². The highest BCUT2D eigenvalue weighted by molar-refractivity contribution is 6.30. The Balaban J connectivity index is 2.05. The summed E-state index contributed by atoms with van der Waals surface area (Å²) in [7, 11) is 0. The molecular formula is C16H14ClNO5. The van der Waals surface area contributed by atoms with Gasteiger partial charge >= 0.3 is 11.7 Å². The van der Waals surface area contributed by atoms with Crippen LogP contribution in [0.5, 0.6) is 11.5 Å². The summed E-state index contributed by atoms with van der Waals surface area (Å²) < 4.78 is 10.4. The van der Waals surface area contributed by atoms with E-state index in [-0.39, 0.29) is 18.0 Å². The first-order chi connectivity index (χ1) is 10.9. The highest BCUT2D eigenvalue weighted by Crippen LogP contribution is 2.28. The number of rotatable bonds is 5. The second-order valence-corrected chi connectivity index (χ2v) is 5.34. The van der Waals surface area contributed by atoms with Crippen molar-refractivity contribution < 1.29 is 19.2 Å². The van der Waals surface area contributed by atoms with Gasteiger partial charge in [0.1, 0.15) is 5.75 Å². The summed E-state index contributed by atoms with van der Waals surface area (Å²) >= 11 is 5.84. The van der Waals surface area contributed by atoms with Gasteiger partial charge in [-0.05, 0) is 49.2 Å². The maximum atomic E-state index is 11.9. The second kappa shape index (κ2) is 7.11. The van der Waals surface area contributed by atoms with Gasteiger partial charge in [0.05, 0.1) is 4.92 Å². The smallest absolute Gasteiger partial charge is 0.349 e. The van der Waals surface area contributed by atoms with Crippen LogP contribution >= 0.6 is 11.6 Å². The van der Waals surface area contributed by atoms with E-state index in [0.29, 0.717) is 10.8 Å². The maximum absolute atomic E-state index is 11.9. The second-order valence-electron chi connectivity index (χ2n) is 4.90. The first kappa shape index (κ1) is 16.8. The van der Waals surface area contributed by atoms with E-state index in [0.717, 1.165) is 11.1 Å². The number of aryl methyl sites for hydroxylation is 2. The third kappa shape index (κ3) is 4.43. The Kier molecular flexibility index (Phi) is 5.18. The van der Waals surface area contributed by atoms with Crippen LogP contribution in [0.3, 0.4) is 0 Å². The van der Waals surface area contributed by atoms with Gasteiger partial charge < -0.3 is 9.47 Å². The lowest BCUT2D eigenvalue weighted by Crippen LogP contribution is -2.18. The monoisotopic (exact) mass is 335 g/mol. The van der Waals surface area contributed by atoms with E-state index >= 15 is 0 Å². The highest BCUT2D eigenvalue weighted by atomic mass is 35.5. The Bertz CT molecular complexity index is 760. The predicted molar refractivity (Wildman–Crippen MR) is 85.2 cm³/mol. The number of ether oxygens (including phenoxy) is 2. The summed E-state index contributed by atoms with van der Waals surface area (Å²) in [5, 5.41) is 11.5. The summed E-state index contributed by atoms with van der Waals surface area (Å²) in [6, 6.07) is 9.28. The standard InChI is InChI=1S/C16H14ClNO5/c1-10-3-5-13(18(20)21)15(7-10)23-16(19)9-22-14-6-4-12(17)8-11(14)2/h3-8H,9H2,1-2H3. The topological polar surface area (TPSA) is 78.7 Å². The van der Waals surface area contributed by atoms with E-state index < -0.39 is 10.9 Å². The van der Waals surface area contributed by atoms with Crippen LogP contribution in [0.4, 0.5) is 5.69 Å². The van der Waals surface area contributed by atoms with Crippen LogP contribution in [0, 0.1) is 24.0 Å². The highest BCUT2D eigenvalue weighted by Gasteiger charge is 2.18. The fourth-order valence-corrected chi connectivity index (χ4v) is 2.14. The first-order valence-electron chi connectivity index (χ1n) is 6.71. The van der Waals surface area contributed by atoms with E-state index in [4.69, 9.17) is 21.1 Å². The van der Waals surface area contributed by atoms with Crippen LogP contribution < -0.4 is 9.47 Å². The van der Waals surface area contributed by atoms with Crippen LogP contribution in [0.25, 0.3) is 0 Å². The molecule has 0 aliphatic heterocycles. The van der Waals surface area contributed by atoms with Crippen LogP contribution in [0.15, 0.2) is 36.4 Å². The lowest BCUT2D eigenvalue weighted by molar-refractivity contribution is -0.385. The molecule has 2 aromatic rings. The number of hydrogen-bond acceptors (Lipinski definition) is 5. The molecule has 0 bridgehead atoms. The zero-order valence-electron chi connectivity index (χ0n) is 12.5. The molecule has 7 heteroatoms. The Morgan fingerprint density at radius 1 is 1.17 bits per heavy atom. The molecule has 0 spiro atoms. The molecule has 0 aromatic heterocycles. The number of benzene rings is 2. The Labute approximate surface area is 137 Å². The van der Waals surface area contributed by atoms with Crippen molar-refractivity contribution in [2.24, 2.45) is 0 Å². The fraction of sp³-hybridized carbons (Fsp3) is 0.188. The number of nitro benzene ring substituents is 1. The van der Waals surface area contributed by atoms with Gasteiger partial charge in [0.2, 0.25) is 5.75 Å². The summed E-state index contributed by atoms with van der Waals surface area (Å²) in [6.07, 6.45) is 0. The zero-order chi connectivity index (χ0) is 17.0. The number of carbonyl (C=O) groups is 1. The van der Waals surface area contributed by atoms with Crippen molar-refractivity contribution in [2.45, 2.75) is 13.8 Å². The molecule has 0 unspecified atom stereocenters. The maximum Gasteiger partial charge on any atom is 0.349 e. The number of halogens is 1. The molecule has 0 saturated heterocycles. The van der Waals surface area contributed by atoms with E-state index in [2.05, 4.69) is 0 Å². The van der Waals surface area contributed by atoms with Crippen molar-refractivity contribution >= 4 is 23.3 Å². The molecule has 0 heterocycles. The van der Waals surface area contributed by atoms with Gasteiger partial charge in [-0.25, -0.2) is 4.79 Å². The van der Waals surface area contributed by atoms with Gasteiger partial charge in [0, 0.05) is 11.1 Å². The summed E-state index contributed by atoms with van der Waals surface area (Å²) in [5.74, 6) is -0.338. The SMILES string of the molecule is Cc1ccc([N+](=O)[O-])c(OC(=O)COc2ccc(Cl)cc2C)c1. The van der Waals surface area contributed by atoms with Crippen LogP contribution in [0.1, 0.15) is 11.1 Å². The van der Waals surface area contributed by atoms with E-state index in [1.807, 2.05) is 0 Å². The lowest BCUT2D eigenvalue weighted by atomic mass is 10.2. The molecule has 0 fully saturated rings. The van der Waals surface area contributed by atoms with Gasteiger partial charge in [0.25, 0.3) is 0 Å². The average molecular weight is 336 g/mol. The quantitative estimate of drug-likeness (QED) is 0.359. The van der Waals surface area contributed by atoms with Gasteiger partial charge in [-0.1, -0.05) is 17.7 Å². The normalized spacial score (nSPS) is 10.2. The molecule has 0 amide bonds. The molecule has 120 valence electrons. The van der Waals surface area contributed by atoms with E-state index in [9.17, 15) is 14.9 Å². The third-order valence-corrected chi connectivity index (χ3v) is 3.25. The van der Waals surface area contributed by atoms with Gasteiger partial charge in [0.15, 0.2) is 6.61 Å². The zero-order valence-corrected chi connectivity index (χ0v) is 13.3. The Morgan fingerprint density at radius 2 is 1.91 bits per heavy atom. The van der Waals surface area contributed by atoms with Crippen LogP contribution in [0.2, 0.25) is 5.02 Å². The number of hydrogen-bond donors (Lipinski definition) is 0. The van der Waals surface area contributed by atoms with Gasteiger partial charge in [-0.15, -0.1) is 0 Å². The average Bonchev–Trinajstić information content (AvgIpc) is 2.46. The van der Waals surface area contributed by atoms with Crippen molar-refractivity contribution in [3.63, 3.8) is 0 Å². The van der Waals surface area contributed by atoms with Crippen molar-refractivity contribution in [1.82, 2.24) is 0 Å². The largest absolute Gasteiger partial charge is 0.482 e. The molecule has 2 aromatic carbocycles. The minimum atomic E-state index is -0.729. The minimum Gasteiger partial charge on any atom is -0.482 e. The fourth-order valence-electron chi connectivity index (χ4n) is 1.92. The van der Waals surface area contributed by atoms with Gasteiger partial charge in [-0.3, -0.25) is 10.1 Å². The number of carbonyl (C=O) groups excluding carboxylic acids is 1. The molecular weight excluding hydrogens is 322 g/mol. The molecule has 0 saturated carbocycles. The summed E-state index contributed by atoms with van der Waals surface area (Å²) in [5.41, 5.74) is 1.24. The molecule has 0 aliphatic carbocycles. The van der Waals surface area contributed by atoms with E-state index in [1.165, 1.54) is 12.1 Å². The molecule has 23 heavy (non-hydrogen) atoms.